The van der Waals surface area contributed by atoms with E-state index in [0.717, 1.165) is 10.5 Å². The average Bonchev–Trinajstić information content (AvgIpc) is 2.85. The number of hydrogen-bond donors (Lipinski definition) is 1. The Labute approximate surface area is 225 Å². The molecule has 0 aliphatic heterocycles. The van der Waals surface area contributed by atoms with E-state index >= 15 is 0 Å². The van der Waals surface area contributed by atoms with E-state index in [4.69, 9.17) is 34.8 Å². The predicted octanol–water partition coefficient (Wildman–Crippen LogP) is 6.91. The van der Waals surface area contributed by atoms with Gasteiger partial charge in [0.1, 0.15) is 6.04 Å². The number of thioether (sulfide) groups is 1. The Hall–Kier alpha value is -2.18. The van der Waals surface area contributed by atoms with Gasteiger partial charge in [0.2, 0.25) is 11.8 Å². The summed E-state index contributed by atoms with van der Waals surface area (Å²) >= 11 is 20.4. The molecule has 184 valence electrons. The van der Waals surface area contributed by atoms with Crippen molar-refractivity contribution in [2.75, 3.05) is 12.3 Å². The van der Waals surface area contributed by atoms with Crippen molar-refractivity contribution in [3.8, 4) is 0 Å². The molecule has 4 nitrogen and oxygen atoms in total. The second-order valence-corrected chi connectivity index (χ2v) is 10.3. The molecule has 0 aliphatic rings. The van der Waals surface area contributed by atoms with Gasteiger partial charge in [0, 0.05) is 57.2 Å². The zero-order valence-corrected chi connectivity index (χ0v) is 22.4. The van der Waals surface area contributed by atoms with Crippen LogP contribution in [0.15, 0.2) is 77.7 Å². The fourth-order valence-electron chi connectivity index (χ4n) is 3.63. The molecule has 0 saturated heterocycles. The molecule has 0 bridgehead atoms. The number of benzene rings is 3. The van der Waals surface area contributed by atoms with Gasteiger partial charge in [-0.2, -0.15) is 0 Å². The Bertz CT molecular complexity index is 1110. The van der Waals surface area contributed by atoms with Crippen molar-refractivity contribution >= 4 is 58.4 Å². The van der Waals surface area contributed by atoms with Crippen molar-refractivity contribution < 1.29 is 9.59 Å². The van der Waals surface area contributed by atoms with Crippen LogP contribution in [-0.2, 0) is 22.6 Å². The van der Waals surface area contributed by atoms with Crippen LogP contribution in [0.3, 0.4) is 0 Å². The number of nitrogens with one attached hydrogen (secondary N) is 1. The van der Waals surface area contributed by atoms with Crippen molar-refractivity contribution in [1.82, 2.24) is 10.2 Å². The predicted molar refractivity (Wildman–Crippen MR) is 146 cm³/mol. The van der Waals surface area contributed by atoms with Crippen molar-refractivity contribution in [1.29, 1.82) is 0 Å². The molecule has 3 aromatic carbocycles. The molecular weight excluding hydrogens is 523 g/mol. The molecule has 0 aliphatic carbocycles. The van der Waals surface area contributed by atoms with E-state index in [1.165, 1.54) is 0 Å². The molecule has 0 radical (unpaired) electrons. The molecular formula is C27H27Cl3N2O2S. The highest BCUT2D eigenvalue weighted by molar-refractivity contribution is 7.99. The SMILES string of the molecule is CCNC(=O)[C@@H](Cc1ccccc1)N(Cc1c(Cl)cccc1Cl)C(=O)CCSc1ccc(Cl)cc1. The Morgan fingerprint density at radius 1 is 0.914 bits per heavy atom. The highest BCUT2D eigenvalue weighted by Crippen LogP contribution is 2.28. The minimum absolute atomic E-state index is 0.136. The monoisotopic (exact) mass is 548 g/mol. The van der Waals surface area contributed by atoms with E-state index in [9.17, 15) is 9.59 Å². The van der Waals surface area contributed by atoms with E-state index in [0.29, 0.717) is 39.3 Å². The summed E-state index contributed by atoms with van der Waals surface area (Å²) in [7, 11) is 0. The number of nitrogens with zero attached hydrogens (tertiary/aromatic N) is 1. The molecule has 3 aromatic rings. The fourth-order valence-corrected chi connectivity index (χ4v) is 5.11. The molecule has 8 heteroatoms. The van der Waals surface area contributed by atoms with Crippen LogP contribution in [0.2, 0.25) is 15.1 Å². The summed E-state index contributed by atoms with van der Waals surface area (Å²) < 4.78 is 0. The van der Waals surface area contributed by atoms with Gasteiger partial charge in [-0.25, -0.2) is 0 Å². The Morgan fingerprint density at radius 3 is 2.20 bits per heavy atom. The van der Waals surface area contributed by atoms with Gasteiger partial charge in [0.05, 0.1) is 0 Å². The van der Waals surface area contributed by atoms with E-state index in [2.05, 4.69) is 5.32 Å². The van der Waals surface area contributed by atoms with Crippen LogP contribution in [0.5, 0.6) is 0 Å². The van der Waals surface area contributed by atoms with Crippen molar-refractivity contribution in [3.63, 3.8) is 0 Å². The number of halogens is 3. The fraction of sp³-hybridized carbons (Fsp3) is 0.259. The molecule has 0 aromatic heterocycles. The first-order chi connectivity index (χ1) is 16.9. The van der Waals surface area contributed by atoms with Gasteiger partial charge < -0.3 is 10.2 Å². The lowest BCUT2D eigenvalue weighted by molar-refractivity contribution is -0.140. The maximum absolute atomic E-state index is 13.6. The zero-order chi connectivity index (χ0) is 25.2. The molecule has 0 unspecified atom stereocenters. The summed E-state index contributed by atoms with van der Waals surface area (Å²) in [5.41, 5.74) is 1.58. The molecule has 1 atom stereocenters. The number of carbonyl (C=O) groups excluding carboxylic acids is 2. The Morgan fingerprint density at radius 2 is 1.57 bits per heavy atom. The van der Waals surface area contributed by atoms with E-state index in [1.807, 2.05) is 61.5 Å². The van der Waals surface area contributed by atoms with Crippen LogP contribution in [0.1, 0.15) is 24.5 Å². The standard InChI is InChI=1S/C27H27Cl3N2O2S/c1-2-31-27(34)25(17-19-7-4-3-5-8-19)32(18-22-23(29)9-6-10-24(22)30)26(33)15-16-35-21-13-11-20(28)12-14-21/h3-14,25H,2,15-18H2,1H3,(H,31,34)/t25-/m1/s1. The van der Waals surface area contributed by atoms with Crippen molar-refractivity contribution in [2.24, 2.45) is 0 Å². The summed E-state index contributed by atoms with van der Waals surface area (Å²) in [6, 6.07) is 21.7. The maximum Gasteiger partial charge on any atom is 0.243 e. The van der Waals surface area contributed by atoms with Crippen LogP contribution < -0.4 is 5.32 Å². The minimum Gasteiger partial charge on any atom is -0.355 e. The van der Waals surface area contributed by atoms with Crippen LogP contribution in [0, 0.1) is 0 Å². The number of carbonyl (C=O) groups is 2. The zero-order valence-electron chi connectivity index (χ0n) is 19.3. The third kappa shape index (κ3) is 8.18. The number of hydrogen-bond acceptors (Lipinski definition) is 3. The third-order valence-electron chi connectivity index (χ3n) is 5.41. The third-order valence-corrected chi connectivity index (χ3v) is 7.38. The molecule has 1 N–H and O–H groups in total. The van der Waals surface area contributed by atoms with Crippen LogP contribution in [0.4, 0.5) is 0 Å². The summed E-state index contributed by atoms with van der Waals surface area (Å²) in [5, 5.41) is 4.47. The highest BCUT2D eigenvalue weighted by Gasteiger charge is 2.30. The van der Waals surface area contributed by atoms with Gasteiger partial charge in [-0.05, 0) is 48.9 Å². The van der Waals surface area contributed by atoms with Crippen LogP contribution in [-0.4, -0.2) is 35.1 Å². The smallest absolute Gasteiger partial charge is 0.243 e. The number of rotatable bonds is 11. The van der Waals surface area contributed by atoms with Crippen LogP contribution in [0.25, 0.3) is 0 Å². The molecule has 0 heterocycles. The van der Waals surface area contributed by atoms with Crippen LogP contribution >= 0.6 is 46.6 Å². The average molecular weight is 550 g/mol. The lowest BCUT2D eigenvalue weighted by atomic mass is 10.0. The first-order valence-electron chi connectivity index (χ1n) is 11.3. The van der Waals surface area contributed by atoms with Gasteiger partial charge in [0.15, 0.2) is 0 Å². The second kappa shape index (κ2) is 13.8. The summed E-state index contributed by atoms with van der Waals surface area (Å²) in [6.07, 6.45) is 0.630. The molecule has 3 rings (SSSR count). The van der Waals surface area contributed by atoms with E-state index in [1.54, 1.807) is 34.9 Å². The second-order valence-electron chi connectivity index (χ2n) is 7.87. The van der Waals surface area contributed by atoms with Gasteiger partial charge >= 0.3 is 0 Å². The molecule has 2 amide bonds. The quantitative estimate of drug-likeness (QED) is 0.265. The lowest BCUT2D eigenvalue weighted by Gasteiger charge is -2.32. The number of amides is 2. The minimum atomic E-state index is -0.710. The number of likely N-dealkylation sites (N-methyl/N-ethyl adjacent to an activating group) is 1. The summed E-state index contributed by atoms with van der Waals surface area (Å²) in [4.78, 5) is 29.4. The molecule has 0 saturated carbocycles. The van der Waals surface area contributed by atoms with Gasteiger partial charge in [-0.1, -0.05) is 71.2 Å². The molecule has 0 spiro atoms. The normalized spacial score (nSPS) is 11.7. The summed E-state index contributed by atoms with van der Waals surface area (Å²) in [6.45, 7) is 2.46. The maximum atomic E-state index is 13.6. The first kappa shape index (κ1) is 27.4. The highest BCUT2D eigenvalue weighted by atomic mass is 35.5. The molecule has 35 heavy (non-hydrogen) atoms. The van der Waals surface area contributed by atoms with Gasteiger partial charge in [-0.15, -0.1) is 11.8 Å². The lowest BCUT2D eigenvalue weighted by Crippen LogP contribution is -2.50. The largest absolute Gasteiger partial charge is 0.355 e. The topological polar surface area (TPSA) is 49.4 Å². The van der Waals surface area contributed by atoms with E-state index in [-0.39, 0.29) is 24.8 Å². The van der Waals surface area contributed by atoms with Crippen molar-refractivity contribution in [2.45, 2.75) is 37.2 Å². The first-order valence-corrected chi connectivity index (χ1v) is 13.4. The van der Waals surface area contributed by atoms with Crippen molar-refractivity contribution in [3.05, 3.63) is 99.0 Å². The van der Waals surface area contributed by atoms with E-state index < -0.39 is 6.04 Å². The van der Waals surface area contributed by atoms with Gasteiger partial charge in [0.25, 0.3) is 0 Å². The summed E-state index contributed by atoms with van der Waals surface area (Å²) in [5.74, 6) is 0.202. The Balaban J connectivity index is 1.86. The molecule has 0 fully saturated rings. The Kier molecular flexibility index (Phi) is 10.8. The van der Waals surface area contributed by atoms with Gasteiger partial charge in [-0.3, -0.25) is 9.59 Å².